The van der Waals surface area contributed by atoms with E-state index >= 15 is 0 Å². The molecule has 0 spiro atoms. The number of hydrogen-bond donors (Lipinski definition) is 1. The highest BCUT2D eigenvalue weighted by Gasteiger charge is 2.13. The maximum absolute atomic E-state index is 12.4. The molecule has 25 heavy (non-hydrogen) atoms. The molecule has 3 rings (SSSR count). The third-order valence-electron chi connectivity index (χ3n) is 3.48. The van der Waals surface area contributed by atoms with Crippen LogP contribution >= 0.6 is 0 Å². The van der Waals surface area contributed by atoms with Crippen molar-refractivity contribution in [3.63, 3.8) is 0 Å². The molecule has 130 valence electrons. The van der Waals surface area contributed by atoms with Gasteiger partial charge in [0, 0.05) is 19.2 Å². The monoisotopic (exact) mass is 341 g/mol. The molecule has 0 saturated heterocycles. The van der Waals surface area contributed by atoms with Crippen molar-refractivity contribution < 1.29 is 14.1 Å². The minimum Gasteiger partial charge on any atom is -0.485 e. The van der Waals surface area contributed by atoms with E-state index in [1.54, 1.807) is 41.9 Å². The van der Waals surface area contributed by atoms with Crippen molar-refractivity contribution in [2.45, 2.75) is 33.9 Å². The summed E-state index contributed by atoms with van der Waals surface area (Å²) in [4.78, 5) is 16.4. The van der Waals surface area contributed by atoms with Gasteiger partial charge in [-0.15, -0.1) is 0 Å². The number of anilines is 1. The molecule has 1 N–H and O–H groups in total. The summed E-state index contributed by atoms with van der Waals surface area (Å²) in [5.74, 6) is 1.43. The van der Waals surface area contributed by atoms with Gasteiger partial charge in [0.15, 0.2) is 6.61 Å². The summed E-state index contributed by atoms with van der Waals surface area (Å²) in [6.45, 7) is 6.39. The summed E-state index contributed by atoms with van der Waals surface area (Å²) in [6.07, 6.45) is 0. The van der Waals surface area contributed by atoms with E-state index in [0.29, 0.717) is 35.4 Å². The molecule has 1 aromatic carbocycles. The number of amides is 1. The fraction of sp³-hybridized carbons (Fsp3) is 0.294. The second-order valence-corrected chi connectivity index (χ2v) is 5.48. The first-order valence-corrected chi connectivity index (χ1v) is 7.93. The average Bonchev–Trinajstić information content (AvgIpc) is 3.19. The van der Waals surface area contributed by atoms with E-state index in [9.17, 15) is 4.79 Å². The van der Waals surface area contributed by atoms with E-state index in [2.05, 4.69) is 20.6 Å². The molecule has 0 bridgehead atoms. The first-order valence-electron chi connectivity index (χ1n) is 7.93. The number of carbonyl (C=O) groups is 1. The molecule has 8 nitrogen and oxygen atoms in total. The van der Waals surface area contributed by atoms with Crippen LogP contribution in [0.5, 0.6) is 5.75 Å². The molecule has 0 atom stereocenters. The van der Waals surface area contributed by atoms with E-state index < -0.39 is 0 Å². The van der Waals surface area contributed by atoms with Crippen LogP contribution in [0.1, 0.15) is 34.8 Å². The summed E-state index contributed by atoms with van der Waals surface area (Å²) in [6, 6.07) is 8.85. The molecule has 0 unspecified atom stereocenters. The topological polar surface area (TPSA) is 95.1 Å². The highest BCUT2D eigenvalue weighted by molar-refractivity contribution is 6.03. The Labute approximate surface area is 144 Å². The van der Waals surface area contributed by atoms with Crippen LogP contribution in [-0.4, -0.2) is 25.8 Å². The molecule has 0 aliphatic heterocycles. The van der Waals surface area contributed by atoms with Crippen molar-refractivity contribution in [2.75, 3.05) is 5.32 Å². The van der Waals surface area contributed by atoms with E-state index in [1.165, 1.54) is 0 Å². The summed E-state index contributed by atoms with van der Waals surface area (Å²) < 4.78 is 12.1. The van der Waals surface area contributed by atoms with E-state index in [4.69, 9.17) is 9.26 Å². The Morgan fingerprint density at radius 2 is 2.04 bits per heavy atom. The van der Waals surface area contributed by atoms with Crippen molar-refractivity contribution in [2.24, 2.45) is 0 Å². The van der Waals surface area contributed by atoms with Crippen LogP contribution in [-0.2, 0) is 13.2 Å². The Morgan fingerprint density at radius 1 is 1.28 bits per heavy atom. The number of nitrogens with zero attached hydrogens (tertiary/aromatic N) is 4. The Morgan fingerprint density at radius 3 is 2.68 bits per heavy atom. The summed E-state index contributed by atoms with van der Waals surface area (Å²) in [5.41, 5.74) is 2.02. The normalized spacial score (nSPS) is 10.7. The minimum atomic E-state index is -0.196. The van der Waals surface area contributed by atoms with Crippen molar-refractivity contribution in [3.8, 4) is 5.75 Å². The predicted octanol–water partition coefficient (Wildman–Crippen LogP) is 2.73. The molecular formula is C17H19N5O3. The first kappa shape index (κ1) is 16.7. The van der Waals surface area contributed by atoms with Crippen LogP contribution in [0.4, 0.5) is 5.69 Å². The zero-order chi connectivity index (χ0) is 17.8. The molecular weight excluding hydrogens is 322 g/mol. The van der Waals surface area contributed by atoms with Crippen LogP contribution in [0, 0.1) is 13.8 Å². The Bertz CT molecular complexity index is 867. The van der Waals surface area contributed by atoms with Crippen LogP contribution in [0.15, 0.2) is 34.9 Å². The maximum atomic E-state index is 12.4. The van der Waals surface area contributed by atoms with Crippen LogP contribution in [0.25, 0.3) is 0 Å². The molecule has 0 saturated carbocycles. The van der Waals surface area contributed by atoms with E-state index in [-0.39, 0.29) is 12.5 Å². The highest BCUT2D eigenvalue weighted by atomic mass is 16.5. The lowest BCUT2D eigenvalue weighted by Crippen LogP contribution is -2.17. The summed E-state index contributed by atoms with van der Waals surface area (Å²) >= 11 is 0. The lowest BCUT2D eigenvalue weighted by molar-refractivity contribution is 0.101. The fourth-order valence-corrected chi connectivity index (χ4v) is 2.35. The third-order valence-corrected chi connectivity index (χ3v) is 3.48. The number of aryl methyl sites for hydroxylation is 3. The largest absolute Gasteiger partial charge is 0.485 e. The molecule has 2 heterocycles. The molecule has 8 heteroatoms. The number of aromatic nitrogens is 4. The third kappa shape index (κ3) is 4.03. The molecule has 0 aliphatic carbocycles. The number of carbonyl (C=O) groups excluding carboxylic acids is 1. The molecule has 3 aromatic rings. The first-order chi connectivity index (χ1) is 12.0. The van der Waals surface area contributed by atoms with Gasteiger partial charge in [-0.25, -0.2) is 0 Å². The van der Waals surface area contributed by atoms with Crippen LogP contribution in [0.3, 0.4) is 0 Å². The van der Waals surface area contributed by atoms with Gasteiger partial charge in [0.05, 0.1) is 5.69 Å². The Kier molecular flexibility index (Phi) is 4.78. The Hall–Kier alpha value is -3.16. The number of rotatable bonds is 6. The van der Waals surface area contributed by atoms with Gasteiger partial charge >= 0.3 is 0 Å². The van der Waals surface area contributed by atoms with Gasteiger partial charge in [0.25, 0.3) is 5.91 Å². The zero-order valence-electron chi connectivity index (χ0n) is 14.3. The van der Waals surface area contributed by atoms with Gasteiger partial charge in [-0.2, -0.15) is 10.1 Å². The summed E-state index contributed by atoms with van der Waals surface area (Å²) in [7, 11) is 0. The lowest BCUT2D eigenvalue weighted by atomic mass is 10.3. The van der Waals surface area contributed by atoms with Gasteiger partial charge in [0.2, 0.25) is 11.7 Å². The number of hydrogen-bond acceptors (Lipinski definition) is 6. The second kappa shape index (κ2) is 7.16. The molecule has 1 amide bonds. The van der Waals surface area contributed by atoms with Crippen molar-refractivity contribution in [3.05, 3.63) is 53.4 Å². The molecule has 2 aromatic heterocycles. The number of benzene rings is 1. The zero-order valence-corrected chi connectivity index (χ0v) is 14.3. The van der Waals surface area contributed by atoms with Gasteiger partial charge in [-0.05, 0) is 44.2 Å². The highest BCUT2D eigenvalue weighted by Crippen LogP contribution is 2.17. The van der Waals surface area contributed by atoms with Crippen LogP contribution in [0.2, 0.25) is 0 Å². The molecule has 0 aliphatic rings. The number of nitrogens with one attached hydrogen (secondary N) is 1. The quantitative estimate of drug-likeness (QED) is 0.741. The Balaban J connectivity index is 1.61. The SMILES string of the molecule is CCn1nc(C)cc1C(=O)Nc1ccc(OCc2noc(C)n2)cc1. The van der Waals surface area contributed by atoms with Gasteiger partial charge in [-0.1, -0.05) is 5.16 Å². The van der Waals surface area contributed by atoms with Crippen molar-refractivity contribution in [1.29, 1.82) is 0 Å². The van der Waals surface area contributed by atoms with E-state index in [0.717, 1.165) is 5.69 Å². The fourth-order valence-electron chi connectivity index (χ4n) is 2.35. The van der Waals surface area contributed by atoms with Crippen LogP contribution < -0.4 is 10.1 Å². The van der Waals surface area contributed by atoms with Gasteiger partial charge < -0.3 is 14.6 Å². The maximum Gasteiger partial charge on any atom is 0.273 e. The molecule has 0 fully saturated rings. The van der Waals surface area contributed by atoms with Crippen molar-refractivity contribution in [1.82, 2.24) is 19.9 Å². The van der Waals surface area contributed by atoms with E-state index in [1.807, 2.05) is 13.8 Å². The standard InChI is InChI=1S/C17H19N5O3/c1-4-22-15(9-11(2)20-22)17(23)19-13-5-7-14(8-6-13)24-10-16-18-12(3)25-21-16/h5-9H,4,10H2,1-3H3,(H,19,23). The van der Waals surface area contributed by atoms with Gasteiger partial charge in [-0.3, -0.25) is 9.48 Å². The van der Waals surface area contributed by atoms with Gasteiger partial charge in [0.1, 0.15) is 11.4 Å². The lowest BCUT2D eigenvalue weighted by Gasteiger charge is -2.08. The minimum absolute atomic E-state index is 0.196. The number of ether oxygens (including phenoxy) is 1. The molecule has 0 radical (unpaired) electrons. The predicted molar refractivity (Wildman–Crippen MR) is 90.4 cm³/mol. The summed E-state index contributed by atoms with van der Waals surface area (Å²) in [5, 5.41) is 10.9. The smallest absolute Gasteiger partial charge is 0.273 e. The van der Waals surface area contributed by atoms with Crippen molar-refractivity contribution >= 4 is 11.6 Å². The second-order valence-electron chi connectivity index (χ2n) is 5.48. The average molecular weight is 341 g/mol.